The number of hydrogen-bond donors (Lipinski definition) is 1. The lowest BCUT2D eigenvalue weighted by Crippen LogP contribution is -2.41. The van der Waals surface area contributed by atoms with Crippen molar-refractivity contribution in [2.24, 2.45) is 5.41 Å². The fourth-order valence-corrected chi connectivity index (χ4v) is 3.92. The summed E-state index contributed by atoms with van der Waals surface area (Å²) in [6, 6.07) is 2.40. The van der Waals surface area contributed by atoms with Crippen LogP contribution in [0.1, 0.15) is 26.7 Å². The number of nitrogens with zero attached hydrogens (tertiary/aromatic N) is 2. The summed E-state index contributed by atoms with van der Waals surface area (Å²) in [7, 11) is 2.05. The first-order valence-electron chi connectivity index (χ1n) is 5.74. The van der Waals surface area contributed by atoms with Crippen LogP contribution in [-0.2, 0) is 0 Å². The number of hydrogen-bond acceptors (Lipinski definition) is 4. The maximum absolute atomic E-state index is 4.28. The topological polar surface area (TPSA) is 37.8 Å². The second-order valence-corrected chi connectivity index (χ2v) is 6.19. The van der Waals surface area contributed by atoms with Gasteiger partial charge in [-0.2, -0.15) is 0 Å². The summed E-state index contributed by atoms with van der Waals surface area (Å²) in [5.41, 5.74) is 0.376. The third-order valence-electron chi connectivity index (χ3n) is 3.40. The quantitative estimate of drug-likeness (QED) is 0.819. The van der Waals surface area contributed by atoms with Gasteiger partial charge in [-0.05, 0) is 31.4 Å². The fraction of sp³-hybridized carbons (Fsp3) is 0.667. The standard InChI is InChI=1S/C12H19N3S/c1-12(2)6-5-9(10(12)13-3)16-11-14-7-4-8-15-11/h4,7-10,13H,5-6H2,1-3H3. The minimum atomic E-state index is 0.376. The second kappa shape index (κ2) is 4.72. The molecular formula is C12H19N3S. The van der Waals surface area contributed by atoms with Crippen LogP contribution in [0.15, 0.2) is 23.6 Å². The lowest BCUT2D eigenvalue weighted by atomic mass is 9.87. The molecule has 1 aliphatic carbocycles. The molecule has 88 valence electrons. The van der Waals surface area contributed by atoms with Gasteiger partial charge in [0, 0.05) is 23.7 Å². The first kappa shape index (κ1) is 11.9. The molecule has 16 heavy (non-hydrogen) atoms. The Hall–Kier alpha value is -0.610. The van der Waals surface area contributed by atoms with Gasteiger partial charge in [-0.15, -0.1) is 0 Å². The van der Waals surface area contributed by atoms with E-state index in [-0.39, 0.29) is 0 Å². The number of thioether (sulfide) groups is 1. The zero-order valence-electron chi connectivity index (χ0n) is 10.1. The predicted octanol–water partition coefficient (Wildman–Crippen LogP) is 2.35. The van der Waals surface area contributed by atoms with Gasteiger partial charge in [0.25, 0.3) is 0 Å². The van der Waals surface area contributed by atoms with Gasteiger partial charge in [0.05, 0.1) is 0 Å². The average Bonchev–Trinajstić information content (AvgIpc) is 2.55. The molecule has 0 aliphatic heterocycles. The van der Waals surface area contributed by atoms with E-state index in [0.29, 0.717) is 16.7 Å². The molecule has 0 bridgehead atoms. The number of aromatic nitrogens is 2. The molecule has 4 heteroatoms. The van der Waals surface area contributed by atoms with Crippen molar-refractivity contribution in [2.45, 2.75) is 43.1 Å². The molecule has 1 aliphatic rings. The van der Waals surface area contributed by atoms with Gasteiger partial charge >= 0.3 is 0 Å². The summed E-state index contributed by atoms with van der Waals surface area (Å²) in [5.74, 6) is 0. The Bertz CT molecular complexity index is 339. The normalized spacial score (nSPS) is 28.2. The molecule has 0 saturated heterocycles. The molecule has 2 atom stereocenters. The van der Waals surface area contributed by atoms with Crippen LogP contribution in [0, 0.1) is 5.41 Å². The summed E-state index contributed by atoms with van der Waals surface area (Å²) >= 11 is 1.80. The molecule has 1 fully saturated rings. The zero-order valence-corrected chi connectivity index (χ0v) is 10.9. The Kier molecular flexibility index (Phi) is 3.50. The molecule has 2 unspecified atom stereocenters. The van der Waals surface area contributed by atoms with Crippen LogP contribution in [0.3, 0.4) is 0 Å². The van der Waals surface area contributed by atoms with Gasteiger partial charge < -0.3 is 5.32 Å². The Balaban J connectivity index is 2.06. The zero-order chi connectivity index (χ0) is 11.6. The van der Waals surface area contributed by atoms with Gasteiger partial charge in [0.15, 0.2) is 5.16 Å². The number of nitrogens with one attached hydrogen (secondary N) is 1. The van der Waals surface area contributed by atoms with Crippen molar-refractivity contribution in [1.82, 2.24) is 15.3 Å². The van der Waals surface area contributed by atoms with E-state index in [2.05, 4.69) is 36.2 Å². The summed E-state index contributed by atoms with van der Waals surface area (Å²) in [6.45, 7) is 4.67. The monoisotopic (exact) mass is 237 g/mol. The molecule has 1 saturated carbocycles. The largest absolute Gasteiger partial charge is 0.315 e. The molecule has 1 heterocycles. The van der Waals surface area contributed by atoms with E-state index in [4.69, 9.17) is 0 Å². The predicted molar refractivity (Wildman–Crippen MR) is 67.5 cm³/mol. The second-order valence-electron chi connectivity index (χ2n) is 4.98. The van der Waals surface area contributed by atoms with Crippen molar-refractivity contribution < 1.29 is 0 Å². The lowest BCUT2D eigenvalue weighted by molar-refractivity contribution is 0.300. The van der Waals surface area contributed by atoms with Crippen molar-refractivity contribution in [3.8, 4) is 0 Å². The van der Waals surface area contributed by atoms with E-state index in [9.17, 15) is 0 Å². The molecule has 0 radical (unpaired) electrons. The van der Waals surface area contributed by atoms with Crippen LogP contribution in [0.4, 0.5) is 0 Å². The maximum Gasteiger partial charge on any atom is 0.187 e. The van der Waals surface area contributed by atoms with Crippen LogP contribution in [0.2, 0.25) is 0 Å². The van der Waals surface area contributed by atoms with Crippen molar-refractivity contribution in [3.63, 3.8) is 0 Å². The van der Waals surface area contributed by atoms with Gasteiger partial charge in [0.2, 0.25) is 0 Å². The maximum atomic E-state index is 4.28. The van der Waals surface area contributed by atoms with E-state index in [1.807, 2.05) is 18.5 Å². The molecular weight excluding hydrogens is 218 g/mol. The first-order chi connectivity index (χ1) is 7.63. The molecule has 0 spiro atoms. The minimum absolute atomic E-state index is 0.376. The van der Waals surface area contributed by atoms with Gasteiger partial charge in [0.1, 0.15) is 0 Å². The van der Waals surface area contributed by atoms with E-state index >= 15 is 0 Å². The summed E-state index contributed by atoms with van der Waals surface area (Å²) in [5, 5.41) is 4.93. The molecule has 3 nitrogen and oxygen atoms in total. The Labute approximate surface area is 101 Å². The summed E-state index contributed by atoms with van der Waals surface area (Å²) in [4.78, 5) is 8.57. The Morgan fingerprint density at radius 2 is 2.06 bits per heavy atom. The van der Waals surface area contributed by atoms with E-state index in [1.165, 1.54) is 12.8 Å². The highest BCUT2D eigenvalue weighted by atomic mass is 32.2. The van der Waals surface area contributed by atoms with Crippen LogP contribution in [0.5, 0.6) is 0 Å². The van der Waals surface area contributed by atoms with Crippen LogP contribution in [0.25, 0.3) is 0 Å². The van der Waals surface area contributed by atoms with Crippen LogP contribution in [-0.4, -0.2) is 28.3 Å². The fourth-order valence-electron chi connectivity index (χ4n) is 2.52. The van der Waals surface area contributed by atoms with Crippen molar-refractivity contribution in [3.05, 3.63) is 18.5 Å². The van der Waals surface area contributed by atoms with Crippen molar-refractivity contribution in [1.29, 1.82) is 0 Å². The van der Waals surface area contributed by atoms with Crippen molar-refractivity contribution >= 4 is 11.8 Å². The Morgan fingerprint density at radius 3 is 2.69 bits per heavy atom. The first-order valence-corrected chi connectivity index (χ1v) is 6.62. The summed E-state index contributed by atoms with van der Waals surface area (Å²) < 4.78 is 0. The average molecular weight is 237 g/mol. The smallest absolute Gasteiger partial charge is 0.187 e. The minimum Gasteiger partial charge on any atom is -0.315 e. The third-order valence-corrected chi connectivity index (χ3v) is 4.63. The van der Waals surface area contributed by atoms with Crippen LogP contribution >= 0.6 is 11.8 Å². The molecule has 1 aromatic rings. The van der Waals surface area contributed by atoms with E-state index in [1.54, 1.807) is 11.8 Å². The van der Waals surface area contributed by atoms with Gasteiger partial charge in [-0.3, -0.25) is 0 Å². The molecule has 2 rings (SSSR count). The van der Waals surface area contributed by atoms with Gasteiger partial charge in [-0.25, -0.2) is 9.97 Å². The van der Waals surface area contributed by atoms with Crippen LogP contribution < -0.4 is 5.32 Å². The highest BCUT2D eigenvalue weighted by Crippen LogP contribution is 2.44. The molecule has 1 N–H and O–H groups in total. The molecule has 1 aromatic heterocycles. The Morgan fingerprint density at radius 1 is 1.38 bits per heavy atom. The highest BCUT2D eigenvalue weighted by molar-refractivity contribution is 7.99. The van der Waals surface area contributed by atoms with E-state index in [0.717, 1.165) is 5.16 Å². The SMILES string of the molecule is CNC1C(Sc2ncccn2)CCC1(C)C. The molecule has 0 amide bonds. The van der Waals surface area contributed by atoms with E-state index < -0.39 is 0 Å². The number of rotatable bonds is 3. The summed E-state index contributed by atoms with van der Waals surface area (Å²) in [6.07, 6.45) is 6.12. The highest BCUT2D eigenvalue weighted by Gasteiger charge is 2.41. The third kappa shape index (κ3) is 2.38. The van der Waals surface area contributed by atoms with Gasteiger partial charge in [-0.1, -0.05) is 25.6 Å². The lowest BCUT2D eigenvalue weighted by Gasteiger charge is -2.29. The van der Waals surface area contributed by atoms with Crippen molar-refractivity contribution in [2.75, 3.05) is 7.05 Å². The molecule has 0 aromatic carbocycles.